The topological polar surface area (TPSA) is 168 Å². The van der Waals surface area contributed by atoms with E-state index in [4.69, 9.17) is 29.9 Å². The predicted octanol–water partition coefficient (Wildman–Crippen LogP) is 21.8. The molecule has 1 aliphatic carbocycles. The fourth-order valence-corrected chi connectivity index (χ4v) is 14.3. The first-order valence-corrected chi connectivity index (χ1v) is 35.2. The van der Waals surface area contributed by atoms with Gasteiger partial charge in [-0.3, -0.25) is 0 Å². The molecule has 0 saturated heterocycles. The van der Waals surface area contributed by atoms with Crippen LogP contribution in [-0.4, -0.2) is 59.8 Å². The highest BCUT2D eigenvalue weighted by atomic mass is 15.4. The molecule has 508 valence electrons. The highest BCUT2D eigenvalue weighted by Crippen LogP contribution is 2.53. The van der Waals surface area contributed by atoms with Crippen LogP contribution in [-0.2, 0) is 5.41 Å². The second-order valence-electron chi connectivity index (χ2n) is 26.3. The van der Waals surface area contributed by atoms with Gasteiger partial charge in [0, 0.05) is 66.9 Å². The first-order valence-electron chi connectivity index (χ1n) is 35.2. The molecule has 0 saturated carbocycles. The first-order chi connectivity index (χ1) is 52.8. The van der Waals surface area contributed by atoms with Crippen molar-refractivity contribution >= 4 is 80.1 Å². The van der Waals surface area contributed by atoms with Crippen LogP contribution in [0.4, 0.5) is 69.3 Å². The molecule has 16 heteroatoms. The molecule has 13 aromatic carbocycles. The van der Waals surface area contributed by atoms with Gasteiger partial charge in [0.15, 0.2) is 23.3 Å². The Morgan fingerprint density at radius 1 is 0.224 bits per heavy atom. The van der Waals surface area contributed by atoms with E-state index in [1.807, 2.05) is 138 Å². The van der Waals surface area contributed by atoms with Crippen molar-refractivity contribution in [3.05, 3.63) is 364 Å². The molecule has 107 heavy (non-hydrogen) atoms. The number of nitrogens with zero attached hydrogens (tertiary/aromatic N) is 16. The molecule has 0 N–H and O–H groups in total. The minimum Gasteiger partial charge on any atom is -0.310 e. The van der Waals surface area contributed by atoms with Crippen molar-refractivity contribution in [1.29, 1.82) is 0 Å². The van der Waals surface area contributed by atoms with E-state index < -0.39 is 5.41 Å². The normalized spacial score (nSPS) is 11.9. The second-order valence-corrected chi connectivity index (χ2v) is 26.3. The molecule has 4 heterocycles. The summed E-state index contributed by atoms with van der Waals surface area (Å²) in [6.45, 7) is 4.71. The summed E-state index contributed by atoms with van der Waals surface area (Å²) in [6.07, 6.45) is 5.81. The Kier molecular flexibility index (Phi) is 16.8. The standard InChI is InChI=1S/C91H64N16/c1-91(2)79-55-68(67-32-23-37-73(54-67)104(69-33-17-7-18-34-69)71-45-40-61(41-46-71)62-42-47-72(48-43-62)106(87-94-57-92-58-95-87)88-96-59-93-60-97-88)44-50-75(79)76-51-49-74(56-80(76)91)105(70-35-19-8-20-36-70)81-52-53-82(78-39-22-21-38-77(78)81)107(89-100-83(63-24-9-3-10-25-63)98-84(101-89)64-26-11-4-12-27-64)90-102-85(65-28-13-5-14-29-65)99-86(103-90)66-30-15-6-16-31-66/h3-60H,1-2H3. The lowest BCUT2D eigenvalue weighted by Crippen LogP contribution is -2.20. The number of rotatable bonds is 18. The largest absolute Gasteiger partial charge is 0.310 e. The maximum absolute atomic E-state index is 5.38. The van der Waals surface area contributed by atoms with Crippen LogP contribution in [0, 0.1) is 0 Å². The molecular weight excluding hydrogens is 1320 g/mol. The van der Waals surface area contributed by atoms with E-state index in [2.05, 4.69) is 248 Å². The number of hydrogen-bond donors (Lipinski definition) is 0. The molecule has 4 aromatic heterocycles. The van der Waals surface area contributed by atoms with Gasteiger partial charge in [0.1, 0.15) is 25.3 Å². The van der Waals surface area contributed by atoms with E-state index in [1.54, 1.807) is 4.90 Å². The van der Waals surface area contributed by atoms with Crippen LogP contribution in [0.25, 0.3) is 89.7 Å². The Morgan fingerprint density at radius 2 is 0.551 bits per heavy atom. The highest BCUT2D eigenvalue weighted by molar-refractivity contribution is 6.07. The molecule has 0 amide bonds. The predicted molar refractivity (Wildman–Crippen MR) is 426 cm³/mol. The summed E-state index contributed by atoms with van der Waals surface area (Å²) in [5.74, 6) is 3.43. The first kappa shape index (κ1) is 64.5. The van der Waals surface area contributed by atoms with Crippen LogP contribution in [0.3, 0.4) is 0 Å². The lowest BCUT2D eigenvalue weighted by molar-refractivity contribution is 0.660. The molecule has 17 aromatic rings. The van der Waals surface area contributed by atoms with E-state index >= 15 is 0 Å². The molecule has 0 unspecified atom stereocenters. The molecule has 0 aliphatic heterocycles. The summed E-state index contributed by atoms with van der Waals surface area (Å²) in [4.78, 5) is 65.8. The van der Waals surface area contributed by atoms with Gasteiger partial charge in [-0.25, -0.2) is 49.7 Å². The smallest absolute Gasteiger partial charge is 0.241 e. The van der Waals surface area contributed by atoms with Crippen LogP contribution < -0.4 is 19.6 Å². The van der Waals surface area contributed by atoms with Crippen LogP contribution in [0.5, 0.6) is 0 Å². The van der Waals surface area contributed by atoms with Gasteiger partial charge in [0.2, 0.25) is 23.8 Å². The molecule has 0 spiro atoms. The van der Waals surface area contributed by atoms with Crippen molar-refractivity contribution in [1.82, 2.24) is 59.8 Å². The van der Waals surface area contributed by atoms with E-state index in [0.717, 1.165) is 101 Å². The van der Waals surface area contributed by atoms with Crippen molar-refractivity contribution in [3.63, 3.8) is 0 Å². The summed E-state index contributed by atoms with van der Waals surface area (Å²) in [5.41, 5.74) is 19.8. The van der Waals surface area contributed by atoms with E-state index in [1.165, 1.54) is 47.6 Å². The molecule has 0 radical (unpaired) electrons. The minimum absolute atomic E-state index is 0.328. The van der Waals surface area contributed by atoms with Crippen molar-refractivity contribution in [3.8, 4) is 78.9 Å². The zero-order chi connectivity index (χ0) is 71.6. The maximum atomic E-state index is 5.38. The Balaban J connectivity index is 0.705. The maximum Gasteiger partial charge on any atom is 0.241 e. The van der Waals surface area contributed by atoms with Crippen LogP contribution >= 0.6 is 0 Å². The molecule has 18 rings (SSSR count). The van der Waals surface area contributed by atoms with Gasteiger partial charge in [-0.05, 0) is 136 Å². The second kappa shape index (κ2) is 28.0. The van der Waals surface area contributed by atoms with Crippen molar-refractivity contribution < 1.29 is 0 Å². The summed E-state index contributed by atoms with van der Waals surface area (Å²) >= 11 is 0. The zero-order valence-corrected chi connectivity index (χ0v) is 58.1. The van der Waals surface area contributed by atoms with Crippen molar-refractivity contribution in [2.45, 2.75) is 19.3 Å². The Labute approximate surface area is 618 Å². The number of hydrogen-bond acceptors (Lipinski definition) is 16. The zero-order valence-electron chi connectivity index (χ0n) is 58.1. The van der Waals surface area contributed by atoms with Crippen molar-refractivity contribution in [2.75, 3.05) is 19.6 Å². The van der Waals surface area contributed by atoms with Gasteiger partial charge in [-0.2, -0.15) is 19.9 Å². The van der Waals surface area contributed by atoms with Gasteiger partial charge < -0.3 is 9.80 Å². The lowest BCUT2D eigenvalue weighted by Gasteiger charge is -2.30. The molecule has 0 atom stereocenters. The molecule has 16 nitrogen and oxygen atoms in total. The fourth-order valence-electron chi connectivity index (χ4n) is 14.3. The molecule has 0 bridgehead atoms. The highest BCUT2D eigenvalue weighted by Gasteiger charge is 2.37. The summed E-state index contributed by atoms with van der Waals surface area (Å²) in [5, 5.41) is 1.88. The van der Waals surface area contributed by atoms with Gasteiger partial charge in [0.25, 0.3) is 0 Å². The number of aromatic nitrogens is 12. The van der Waals surface area contributed by atoms with Crippen LogP contribution in [0.1, 0.15) is 25.0 Å². The van der Waals surface area contributed by atoms with Gasteiger partial charge >= 0.3 is 0 Å². The lowest BCUT2D eigenvalue weighted by atomic mass is 9.81. The number of anilines is 12. The Bertz CT molecular complexity index is 5750. The molecular formula is C91H64N16. The Hall–Kier alpha value is -14.6. The number of fused-ring (bicyclic) bond motifs is 4. The van der Waals surface area contributed by atoms with E-state index in [9.17, 15) is 0 Å². The van der Waals surface area contributed by atoms with Gasteiger partial charge in [-0.15, -0.1) is 0 Å². The van der Waals surface area contributed by atoms with Crippen LogP contribution in [0.15, 0.2) is 353 Å². The monoisotopic (exact) mass is 1380 g/mol. The third kappa shape index (κ3) is 12.5. The quantitative estimate of drug-likeness (QED) is 0.0795. The summed E-state index contributed by atoms with van der Waals surface area (Å²) < 4.78 is 0. The van der Waals surface area contributed by atoms with E-state index in [0.29, 0.717) is 47.1 Å². The number of benzene rings is 13. The minimum atomic E-state index is -0.397. The van der Waals surface area contributed by atoms with Gasteiger partial charge in [-0.1, -0.05) is 250 Å². The SMILES string of the molecule is CC1(C)c2cc(-c3cccc(N(c4ccccc4)c4ccc(-c5ccc(N(c6ncncn6)c6ncncn6)cc5)cc4)c3)ccc2-c2ccc(N(c3ccccc3)c3ccc(N(c4nc(-c5ccccc5)nc(-c5ccccc5)n4)c4nc(-c5ccccc5)nc(-c5ccccc5)n4)c4ccccc34)cc21. The Morgan fingerprint density at radius 3 is 1.01 bits per heavy atom. The molecule has 0 fully saturated rings. The van der Waals surface area contributed by atoms with E-state index in [-0.39, 0.29) is 0 Å². The van der Waals surface area contributed by atoms with Crippen molar-refractivity contribution in [2.24, 2.45) is 0 Å². The fraction of sp³-hybridized carbons (Fsp3) is 0.0330. The summed E-state index contributed by atoms with van der Waals surface area (Å²) in [7, 11) is 0. The third-order valence-corrected chi connectivity index (χ3v) is 19.5. The summed E-state index contributed by atoms with van der Waals surface area (Å²) in [6, 6.07) is 114. The van der Waals surface area contributed by atoms with Gasteiger partial charge in [0.05, 0.1) is 17.1 Å². The average molecular weight is 1380 g/mol. The molecule has 1 aliphatic rings. The third-order valence-electron chi connectivity index (χ3n) is 19.5. The average Bonchev–Trinajstić information content (AvgIpc) is 1.58. The number of para-hydroxylation sites is 2. The van der Waals surface area contributed by atoms with Crippen LogP contribution in [0.2, 0.25) is 0 Å².